The summed E-state index contributed by atoms with van der Waals surface area (Å²) >= 11 is 0. The second kappa shape index (κ2) is 11.8. The van der Waals surface area contributed by atoms with Crippen LogP contribution < -0.4 is 4.74 Å². The van der Waals surface area contributed by atoms with Crippen LogP contribution in [0.15, 0.2) is 54.9 Å². The van der Waals surface area contributed by atoms with Crippen LogP contribution in [0.2, 0.25) is 0 Å². The first kappa shape index (κ1) is 27.4. The lowest BCUT2D eigenvalue weighted by atomic mass is 9.90. The van der Waals surface area contributed by atoms with Gasteiger partial charge in [0.05, 0.1) is 18.2 Å². The number of allylic oxidation sites excluding steroid dienone is 8. The molecule has 0 bridgehead atoms. The number of hydrogen-bond acceptors (Lipinski definition) is 4. The molecule has 0 atom stereocenters. The number of halogens is 4. The zero-order valence-electron chi connectivity index (χ0n) is 18.5. The smallest absolute Gasteiger partial charge is 0.434 e. The fraction of sp³-hybridized carbons (Fsp3) is 0.348. The molecule has 0 saturated heterocycles. The third-order valence-electron chi connectivity index (χ3n) is 4.16. The first-order valence-electron chi connectivity index (χ1n) is 9.74. The lowest BCUT2D eigenvalue weighted by molar-refractivity contribution is -0.141. The van der Waals surface area contributed by atoms with Gasteiger partial charge in [-0.15, -0.1) is 0 Å². The Morgan fingerprint density at radius 2 is 1.91 bits per heavy atom. The highest BCUT2D eigenvalue weighted by Crippen LogP contribution is 2.40. The molecule has 176 valence electrons. The molecule has 0 amide bonds. The molecular formula is C23H27F4NO3S. The number of pyridine rings is 1. The first-order chi connectivity index (χ1) is 14.8. The normalized spacial score (nSPS) is 14.2. The van der Waals surface area contributed by atoms with Crippen molar-refractivity contribution in [3.8, 4) is 5.88 Å². The zero-order valence-corrected chi connectivity index (χ0v) is 19.3. The summed E-state index contributed by atoms with van der Waals surface area (Å²) in [5.74, 6) is -0.990. The number of aromatic nitrogens is 1. The molecule has 0 aliphatic heterocycles. The van der Waals surface area contributed by atoms with E-state index in [9.17, 15) is 26.0 Å². The highest BCUT2D eigenvalue weighted by atomic mass is 32.2. The van der Waals surface area contributed by atoms with Gasteiger partial charge in [0.1, 0.15) is 0 Å². The lowest BCUT2D eigenvalue weighted by Crippen LogP contribution is -2.15. The Labute approximate surface area is 186 Å². The molecule has 0 aliphatic rings. The molecule has 9 heteroatoms. The molecule has 0 unspecified atom stereocenters. The summed E-state index contributed by atoms with van der Waals surface area (Å²) in [5.41, 5.74) is -0.767. The summed E-state index contributed by atoms with van der Waals surface area (Å²) in [6, 6.07) is 1.39. The number of nitrogens with zero attached hydrogens (tertiary/aromatic N) is 1. The summed E-state index contributed by atoms with van der Waals surface area (Å²) in [5, 5.41) is 0. The van der Waals surface area contributed by atoms with Gasteiger partial charge in [0, 0.05) is 17.9 Å². The van der Waals surface area contributed by atoms with Crippen molar-refractivity contribution in [2.75, 3.05) is 18.6 Å². The van der Waals surface area contributed by atoms with Crippen molar-refractivity contribution in [3.63, 3.8) is 0 Å². The van der Waals surface area contributed by atoms with Crippen LogP contribution in [0.3, 0.4) is 0 Å². The largest absolute Gasteiger partial charge is 0.478 e. The van der Waals surface area contributed by atoms with Gasteiger partial charge in [0.2, 0.25) is 5.88 Å². The summed E-state index contributed by atoms with van der Waals surface area (Å²) in [6.45, 7) is 8.13. The Balaban J connectivity index is 3.82. The number of hydrogen-bond donors (Lipinski definition) is 0. The van der Waals surface area contributed by atoms with Gasteiger partial charge in [-0.2, -0.15) is 13.2 Å². The topological polar surface area (TPSA) is 56.3 Å². The molecular weight excluding hydrogens is 446 g/mol. The van der Waals surface area contributed by atoms with Gasteiger partial charge in [-0.05, 0) is 50.0 Å². The maximum absolute atomic E-state index is 14.0. The third kappa shape index (κ3) is 8.45. The number of ether oxygens (including phenoxy) is 1. The van der Waals surface area contributed by atoms with Crippen molar-refractivity contribution in [1.29, 1.82) is 0 Å². The quantitative estimate of drug-likeness (QED) is 0.226. The van der Waals surface area contributed by atoms with Crippen LogP contribution in [0.1, 0.15) is 44.0 Å². The molecule has 0 aromatic carbocycles. The minimum absolute atomic E-state index is 0.0272. The van der Waals surface area contributed by atoms with Gasteiger partial charge in [0.15, 0.2) is 15.5 Å². The number of sulfone groups is 1. The zero-order chi connectivity index (χ0) is 24.5. The standard InChI is InChI=1S/C23H27F4NO3S/c1-6-17(11-9-10-14-32(5,29)30)19-15-20(31-8-3)28-22(23(25,26)27)21(19)18(7-2)13-12-16(4)24/h6-7,9-10,12-13,15H,2,8,11,14H2,1,3-5H3/b10-9-,16-12+,17-6+,18-13+. The molecule has 0 fully saturated rings. The number of alkyl halides is 3. The van der Waals surface area contributed by atoms with E-state index >= 15 is 0 Å². The van der Waals surface area contributed by atoms with Gasteiger partial charge >= 0.3 is 6.18 Å². The van der Waals surface area contributed by atoms with E-state index in [0.717, 1.165) is 12.3 Å². The van der Waals surface area contributed by atoms with Crippen molar-refractivity contribution in [3.05, 3.63) is 71.7 Å². The van der Waals surface area contributed by atoms with E-state index < -0.39 is 27.5 Å². The first-order valence-corrected chi connectivity index (χ1v) is 11.8. The molecule has 0 radical (unpaired) electrons. The predicted molar refractivity (Wildman–Crippen MR) is 121 cm³/mol. The van der Waals surface area contributed by atoms with Crippen molar-refractivity contribution >= 4 is 21.0 Å². The summed E-state index contributed by atoms with van der Waals surface area (Å²) in [6.07, 6.45) is 4.49. The van der Waals surface area contributed by atoms with E-state index in [0.29, 0.717) is 5.57 Å². The Bertz CT molecular complexity index is 1050. The molecule has 1 aromatic heterocycles. The molecule has 1 aromatic rings. The van der Waals surface area contributed by atoms with Crippen LogP contribution in [0.25, 0.3) is 11.1 Å². The Hall–Kier alpha value is -2.68. The Kier molecular flexibility index (Phi) is 10.1. The van der Waals surface area contributed by atoms with E-state index in [4.69, 9.17) is 4.74 Å². The Morgan fingerprint density at radius 3 is 2.38 bits per heavy atom. The molecule has 1 heterocycles. The average Bonchev–Trinajstić information content (AvgIpc) is 2.67. The predicted octanol–water partition coefficient (Wildman–Crippen LogP) is 6.34. The summed E-state index contributed by atoms with van der Waals surface area (Å²) in [7, 11) is -3.22. The second-order valence-corrected chi connectivity index (χ2v) is 9.01. The monoisotopic (exact) mass is 473 g/mol. The van der Waals surface area contributed by atoms with Crippen LogP contribution >= 0.6 is 0 Å². The van der Waals surface area contributed by atoms with Crippen molar-refractivity contribution in [2.45, 2.75) is 33.4 Å². The Morgan fingerprint density at radius 1 is 1.25 bits per heavy atom. The molecule has 1 rings (SSSR count). The third-order valence-corrected chi connectivity index (χ3v) is 4.95. The minimum atomic E-state index is -4.82. The molecule has 0 spiro atoms. The van der Waals surface area contributed by atoms with Crippen molar-refractivity contribution in [1.82, 2.24) is 4.98 Å². The van der Waals surface area contributed by atoms with E-state index in [-0.39, 0.29) is 41.4 Å². The summed E-state index contributed by atoms with van der Waals surface area (Å²) in [4.78, 5) is 3.66. The van der Waals surface area contributed by atoms with Gasteiger partial charge in [-0.25, -0.2) is 17.8 Å². The molecule has 4 nitrogen and oxygen atoms in total. The summed E-state index contributed by atoms with van der Waals surface area (Å²) < 4.78 is 83.1. The second-order valence-electron chi connectivity index (χ2n) is 6.82. The van der Waals surface area contributed by atoms with Crippen LogP contribution in [0.4, 0.5) is 17.6 Å². The van der Waals surface area contributed by atoms with Crippen molar-refractivity contribution < 1.29 is 30.7 Å². The maximum Gasteiger partial charge on any atom is 0.434 e. The molecule has 0 aliphatic carbocycles. The molecule has 32 heavy (non-hydrogen) atoms. The van der Waals surface area contributed by atoms with Crippen LogP contribution in [0, 0.1) is 0 Å². The minimum Gasteiger partial charge on any atom is -0.478 e. The lowest BCUT2D eigenvalue weighted by Gasteiger charge is -2.20. The van der Waals surface area contributed by atoms with E-state index in [1.807, 2.05) is 0 Å². The van der Waals surface area contributed by atoms with E-state index in [1.54, 1.807) is 26.0 Å². The molecule has 0 N–H and O–H groups in total. The van der Waals surface area contributed by atoms with Crippen LogP contribution in [0.5, 0.6) is 5.88 Å². The van der Waals surface area contributed by atoms with E-state index in [2.05, 4.69) is 11.6 Å². The van der Waals surface area contributed by atoms with Crippen LogP contribution in [-0.4, -0.2) is 32.0 Å². The fourth-order valence-corrected chi connectivity index (χ4v) is 3.27. The maximum atomic E-state index is 14.0. The highest BCUT2D eigenvalue weighted by Gasteiger charge is 2.38. The van der Waals surface area contributed by atoms with Gasteiger partial charge in [-0.3, -0.25) is 0 Å². The highest BCUT2D eigenvalue weighted by molar-refractivity contribution is 7.90. The number of rotatable bonds is 10. The fourth-order valence-electron chi connectivity index (χ4n) is 2.79. The van der Waals surface area contributed by atoms with Gasteiger partial charge < -0.3 is 4.74 Å². The molecule has 0 saturated carbocycles. The van der Waals surface area contributed by atoms with Crippen molar-refractivity contribution in [2.24, 2.45) is 0 Å². The SMILES string of the molecule is C=C/C(=C\C=C(/C)F)c1c(/C(=C/C)C/C=C\CS(C)(=O)=O)cc(OCC)nc1C(F)(F)F. The van der Waals surface area contributed by atoms with Gasteiger partial charge in [0.25, 0.3) is 0 Å². The van der Waals surface area contributed by atoms with E-state index in [1.165, 1.54) is 31.2 Å². The average molecular weight is 474 g/mol. The van der Waals surface area contributed by atoms with Gasteiger partial charge in [-0.1, -0.05) is 37.0 Å². The van der Waals surface area contributed by atoms with Crippen LogP contribution in [-0.2, 0) is 16.0 Å².